The number of ether oxygens (including phenoxy) is 1. The van der Waals surface area contributed by atoms with Crippen molar-refractivity contribution < 1.29 is 13.9 Å². The van der Waals surface area contributed by atoms with Gasteiger partial charge < -0.3 is 24.7 Å². The van der Waals surface area contributed by atoms with Crippen molar-refractivity contribution in [2.75, 3.05) is 32.1 Å². The van der Waals surface area contributed by atoms with Crippen LogP contribution in [0.4, 0.5) is 5.69 Å². The fraction of sp³-hybridized carbons (Fsp3) is 0.318. The molecule has 1 aliphatic rings. The summed E-state index contributed by atoms with van der Waals surface area (Å²) in [5, 5.41) is 10.5. The van der Waals surface area contributed by atoms with Crippen LogP contribution in [0.5, 0.6) is 0 Å². The van der Waals surface area contributed by atoms with Gasteiger partial charge in [-0.1, -0.05) is 12.1 Å². The molecule has 2 aromatic heterocycles. The summed E-state index contributed by atoms with van der Waals surface area (Å²) in [6.07, 6.45) is 5.26. The van der Waals surface area contributed by atoms with Crippen molar-refractivity contribution in [3.8, 4) is 0 Å². The summed E-state index contributed by atoms with van der Waals surface area (Å²) in [6, 6.07) is 11.0. The average molecular weight is 550 g/mol. The molecule has 2 N–H and O–H groups in total. The lowest BCUT2D eigenvalue weighted by Gasteiger charge is -2.34. The van der Waals surface area contributed by atoms with E-state index in [4.69, 9.17) is 9.15 Å². The highest BCUT2D eigenvalue weighted by Gasteiger charge is 2.25. The van der Waals surface area contributed by atoms with Crippen LogP contribution in [0.1, 0.15) is 27.8 Å². The number of benzene rings is 1. The quantitative estimate of drug-likeness (QED) is 0.288. The van der Waals surface area contributed by atoms with E-state index in [0.29, 0.717) is 25.4 Å². The number of nitrogens with zero attached hydrogens (tertiary/aromatic N) is 4. The number of morpholine rings is 1. The fourth-order valence-electron chi connectivity index (χ4n) is 3.52. The third-order valence-electron chi connectivity index (χ3n) is 5.05. The number of halogens is 1. The number of aromatic nitrogens is 2. The van der Waals surface area contributed by atoms with Crippen LogP contribution in [0.25, 0.3) is 0 Å². The van der Waals surface area contributed by atoms with E-state index in [2.05, 4.69) is 25.6 Å². The molecule has 0 bridgehead atoms. The maximum absolute atomic E-state index is 12.2. The number of furan rings is 1. The number of amides is 1. The first-order valence-electron chi connectivity index (χ1n) is 10.1. The Kier molecular flexibility index (Phi) is 8.28. The van der Waals surface area contributed by atoms with Crippen molar-refractivity contribution >= 4 is 41.5 Å². The molecule has 4 rings (SSSR count). The highest BCUT2D eigenvalue weighted by Crippen LogP contribution is 2.21. The zero-order valence-corrected chi connectivity index (χ0v) is 20.4. The summed E-state index contributed by atoms with van der Waals surface area (Å²) in [5.74, 6) is 0.808. The molecule has 1 aliphatic heterocycles. The molecule has 170 valence electrons. The second-order valence-corrected chi connectivity index (χ2v) is 7.29. The number of rotatable bonds is 5. The number of nitrogens with one attached hydrogen (secondary N) is 2. The van der Waals surface area contributed by atoms with Crippen LogP contribution in [0, 0.1) is 0 Å². The van der Waals surface area contributed by atoms with Crippen LogP contribution in [0.2, 0.25) is 0 Å². The third-order valence-corrected chi connectivity index (χ3v) is 5.05. The van der Waals surface area contributed by atoms with Crippen LogP contribution in [-0.4, -0.2) is 53.3 Å². The summed E-state index contributed by atoms with van der Waals surface area (Å²) >= 11 is 0. The van der Waals surface area contributed by atoms with Crippen molar-refractivity contribution in [1.82, 2.24) is 20.0 Å². The first-order valence-corrected chi connectivity index (χ1v) is 10.1. The number of aliphatic imine (C=N–C) groups is 1. The van der Waals surface area contributed by atoms with Crippen molar-refractivity contribution in [3.05, 3.63) is 71.9 Å². The molecule has 1 saturated heterocycles. The Morgan fingerprint density at radius 3 is 2.91 bits per heavy atom. The van der Waals surface area contributed by atoms with E-state index in [1.165, 1.54) is 6.26 Å². The molecular weight excluding hydrogens is 523 g/mol. The molecule has 0 spiro atoms. The van der Waals surface area contributed by atoms with E-state index in [9.17, 15) is 4.79 Å². The average Bonchev–Trinajstić information content (AvgIpc) is 3.47. The van der Waals surface area contributed by atoms with E-state index in [-0.39, 0.29) is 41.7 Å². The number of hydrogen-bond acceptors (Lipinski definition) is 5. The molecule has 1 aromatic carbocycles. The predicted octanol–water partition coefficient (Wildman–Crippen LogP) is 3.03. The highest BCUT2D eigenvalue weighted by atomic mass is 127. The number of carbonyl (C=O) groups is 1. The van der Waals surface area contributed by atoms with Gasteiger partial charge in [-0.05, 0) is 29.8 Å². The summed E-state index contributed by atoms with van der Waals surface area (Å²) in [5.41, 5.74) is 2.79. The Morgan fingerprint density at radius 2 is 2.19 bits per heavy atom. The number of carbonyl (C=O) groups excluding carboxylic acids is 1. The molecule has 10 heteroatoms. The Balaban J connectivity index is 0.00000289. The first kappa shape index (κ1) is 23.8. The van der Waals surface area contributed by atoms with Gasteiger partial charge in [-0.15, -0.1) is 24.0 Å². The van der Waals surface area contributed by atoms with Gasteiger partial charge in [-0.3, -0.25) is 14.5 Å². The molecule has 0 saturated carbocycles. The van der Waals surface area contributed by atoms with Gasteiger partial charge in [0, 0.05) is 44.6 Å². The number of guanidine groups is 1. The van der Waals surface area contributed by atoms with E-state index < -0.39 is 0 Å². The summed E-state index contributed by atoms with van der Waals surface area (Å²) < 4.78 is 12.8. The van der Waals surface area contributed by atoms with E-state index >= 15 is 0 Å². The normalized spacial score (nSPS) is 16.4. The molecule has 1 fully saturated rings. The minimum absolute atomic E-state index is 0. The molecule has 3 heterocycles. The Morgan fingerprint density at radius 1 is 1.31 bits per heavy atom. The lowest BCUT2D eigenvalue weighted by atomic mass is 10.1. The second kappa shape index (κ2) is 11.1. The van der Waals surface area contributed by atoms with Gasteiger partial charge in [0.2, 0.25) is 0 Å². The summed E-state index contributed by atoms with van der Waals surface area (Å²) in [4.78, 5) is 18.8. The van der Waals surface area contributed by atoms with Gasteiger partial charge in [0.1, 0.15) is 6.10 Å². The minimum Gasteiger partial charge on any atom is -0.459 e. The third kappa shape index (κ3) is 5.88. The Labute approximate surface area is 203 Å². The summed E-state index contributed by atoms with van der Waals surface area (Å²) in [7, 11) is 3.67. The van der Waals surface area contributed by atoms with Crippen molar-refractivity contribution in [1.29, 1.82) is 0 Å². The largest absolute Gasteiger partial charge is 0.459 e. The smallest absolute Gasteiger partial charge is 0.291 e. The molecule has 32 heavy (non-hydrogen) atoms. The molecule has 3 aromatic rings. The maximum atomic E-state index is 12.2. The van der Waals surface area contributed by atoms with Gasteiger partial charge in [0.15, 0.2) is 11.7 Å². The molecule has 1 atom stereocenters. The first-order chi connectivity index (χ1) is 15.1. The molecule has 0 aliphatic carbocycles. The predicted molar refractivity (Wildman–Crippen MR) is 132 cm³/mol. The lowest BCUT2D eigenvalue weighted by Crippen LogP contribution is -2.47. The topological polar surface area (TPSA) is 96.9 Å². The molecule has 1 amide bonds. The van der Waals surface area contributed by atoms with E-state index in [1.54, 1.807) is 23.9 Å². The fourth-order valence-corrected chi connectivity index (χ4v) is 3.52. The standard InChI is InChI=1S/C22H26N6O3.HI/c1-23-22(28-8-10-31-20(15-28)17-13-25-27(2)14-17)24-12-16-5-3-6-18(11-16)26-21(29)19-7-4-9-30-19;/h3-7,9,11,13-14,20H,8,10,12,15H2,1-2H3,(H,23,24)(H,26,29);1H. The van der Waals surface area contributed by atoms with Gasteiger partial charge in [0.25, 0.3) is 5.91 Å². The van der Waals surface area contributed by atoms with Crippen LogP contribution in [0.3, 0.4) is 0 Å². The van der Waals surface area contributed by atoms with Crippen molar-refractivity contribution in [3.63, 3.8) is 0 Å². The van der Waals surface area contributed by atoms with Gasteiger partial charge in [0.05, 0.1) is 25.6 Å². The Hall–Kier alpha value is -2.86. The maximum Gasteiger partial charge on any atom is 0.291 e. The van der Waals surface area contributed by atoms with Crippen LogP contribution >= 0.6 is 24.0 Å². The van der Waals surface area contributed by atoms with Crippen LogP contribution in [0.15, 0.2) is 64.5 Å². The molecule has 0 radical (unpaired) electrons. The number of anilines is 1. The Bertz CT molecular complexity index is 1050. The van der Waals surface area contributed by atoms with Gasteiger partial charge >= 0.3 is 0 Å². The summed E-state index contributed by atoms with van der Waals surface area (Å²) in [6.45, 7) is 2.65. The zero-order valence-electron chi connectivity index (χ0n) is 18.0. The van der Waals surface area contributed by atoms with Crippen LogP contribution < -0.4 is 10.6 Å². The zero-order chi connectivity index (χ0) is 21.6. The minimum atomic E-state index is -0.277. The molecule has 1 unspecified atom stereocenters. The lowest BCUT2D eigenvalue weighted by molar-refractivity contribution is -0.00805. The van der Waals surface area contributed by atoms with Crippen molar-refractivity contribution in [2.24, 2.45) is 12.0 Å². The molecule has 9 nitrogen and oxygen atoms in total. The van der Waals surface area contributed by atoms with Crippen LogP contribution in [-0.2, 0) is 18.3 Å². The second-order valence-electron chi connectivity index (χ2n) is 7.29. The number of hydrogen-bond donors (Lipinski definition) is 2. The molecular formula is C22H27IN6O3. The highest BCUT2D eigenvalue weighted by molar-refractivity contribution is 14.0. The van der Waals surface area contributed by atoms with E-state index in [0.717, 1.165) is 23.6 Å². The van der Waals surface area contributed by atoms with E-state index in [1.807, 2.05) is 43.7 Å². The number of aryl methyl sites for hydroxylation is 1. The monoisotopic (exact) mass is 550 g/mol. The van der Waals surface area contributed by atoms with Gasteiger partial charge in [-0.2, -0.15) is 5.10 Å². The van der Waals surface area contributed by atoms with Gasteiger partial charge in [-0.25, -0.2) is 0 Å². The van der Waals surface area contributed by atoms with Crippen molar-refractivity contribution in [2.45, 2.75) is 12.6 Å². The SMILES string of the molecule is CN=C(NCc1cccc(NC(=O)c2ccco2)c1)N1CCOC(c2cnn(C)c2)C1.I.